The van der Waals surface area contributed by atoms with Crippen molar-refractivity contribution in [3.05, 3.63) is 41.9 Å². The smallest absolute Gasteiger partial charge is 0.225 e. The molecule has 1 aromatic heterocycles. The number of nitrogens with zero attached hydrogens (tertiary/aromatic N) is 3. The maximum absolute atomic E-state index is 11.9. The molecule has 2 aromatic rings. The molecule has 0 radical (unpaired) electrons. The quantitative estimate of drug-likeness (QED) is 0.875. The summed E-state index contributed by atoms with van der Waals surface area (Å²) in [5.41, 5.74) is 1.13. The third kappa shape index (κ3) is 4.68. The first-order valence-corrected chi connectivity index (χ1v) is 6.88. The van der Waals surface area contributed by atoms with Crippen LogP contribution in [0.15, 0.2) is 30.6 Å². The molecule has 0 aliphatic rings. The van der Waals surface area contributed by atoms with Crippen LogP contribution in [-0.2, 0) is 11.2 Å². The van der Waals surface area contributed by atoms with E-state index in [0.717, 1.165) is 5.56 Å². The minimum atomic E-state index is -0.189. The second-order valence-corrected chi connectivity index (χ2v) is 4.67. The number of nitrogens with one attached hydrogen (secondary N) is 1. The van der Waals surface area contributed by atoms with Gasteiger partial charge >= 0.3 is 0 Å². The lowest BCUT2D eigenvalue weighted by Crippen LogP contribution is -2.13. The maximum Gasteiger partial charge on any atom is 0.225 e. The summed E-state index contributed by atoms with van der Waals surface area (Å²) in [6.45, 7) is 0. The molecule has 0 spiro atoms. The molecule has 1 N–H and O–H groups in total. The average molecular weight is 312 g/mol. The largest absolute Gasteiger partial charge is 0.497 e. The van der Waals surface area contributed by atoms with E-state index in [9.17, 15) is 4.79 Å². The van der Waals surface area contributed by atoms with Gasteiger partial charge in [-0.25, -0.2) is 9.97 Å². The number of benzene rings is 1. The molecule has 118 valence electrons. The topological polar surface area (TPSA) is 97.1 Å². The van der Waals surface area contributed by atoms with Crippen molar-refractivity contribution >= 4 is 11.7 Å². The first kappa shape index (κ1) is 16.2. The summed E-state index contributed by atoms with van der Waals surface area (Å²) in [4.78, 5) is 19.7. The van der Waals surface area contributed by atoms with Crippen LogP contribution in [0.3, 0.4) is 0 Å². The van der Waals surface area contributed by atoms with E-state index in [0.29, 0.717) is 23.7 Å². The zero-order valence-corrected chi connectivity index (χ0v) is 12.9. The number of carbonyl (C=O) groups is 1. The summed E-state index contributed by atoms with van der Waals surface area (Å²) in [5.74, 6) is 1.48. The zero-order chi connectivity index (χ0) is 16.7. The monoisotopic (exact) mass is 312 g/mol. The normalized spacial score (nSPS) is 9.78. The van der Waals surface area contributed by atoms with Gasteiger partial charge in [-0.2, -0.15) is 5.26 Å². The van der Waals surface area contributed by atoms with Crippen molar-refractivity contribution in [2.45, 2.75) is 12.8 Å². The summed E-state index contributed by atoms with van der Waals surface area (Å²) in [6, 6.07) is 7.36. The number of aromatic nitrogens is 2. The van der Waals surface area contributed by atoms with Crippen LogP contribution < -0.4 is 14.8 Å². The number of carbonyl (C=O) groups excluding carboxylic acids is 1. The van der Waals surface area contributed by atoms with Crippen LogP contribution in [0.25, 0.3) is 0 Å². The second kappa shape index (κ2) is 7.75. The highest BCUT2D eigenvalue weighted by Crippen LogP contribution is 2.23. The van der Waals surface area contributed by atoms with Gasteiger partial charge in [0.2, 0.25) is 5.91 Å². The molecule has 0 saturated carbocycles. The molecule has 0 aliphatic carbocycles. The third-order valence-electron chi connectivity index (χ3n) is 3.09. The van der Waals surface area contributed by atoms with Crippen LogP contribution >= 0.6 is 0 Å². The molecule has 0 aliphatic heterocycles. The minimum absolute atomic E-state index is 0.189. The van der Waals surface area contributed by atoms with Crippen molar-refractivity contribution in [1.82, 2.24) is 9.97 Å². The van der Waals surface area contributed by atoms with Crippen LogP contribution in [0.2, 0.25) is 0 Å². The summed E-state index contributed by atoms with van der Waals surface area (Å²) in [6.07, 6.45) is 3.47. The molecule has 0 unspecified atom stereocenters. The number of aryl methyl sites for hydroxylation is 1. The van der Waals surface area contributed by atoms with E-state index in [1.165, 1.54) is 12.4 Å². The van der Waals surface area contributed by atoms with Crippen molar-refractivity contribution in [1.29, 1.82) is 5.26 Å². The van der Waals surface area contributed by atoms with Crippen LogP contribution in [0, 0.1) is 11.3 Å². The number of ether oxygens (including phenoxy) is 2. The Labute approximate surface area is 133 Å². The Hall–Kier alpha value is -3.14. The number of rotatable bonds is 6. The standard InChI is InChI=1S/C16H16N4O3/c1-22-13-5-11(6-14(7-13)23-2)3-4-16(21)20-15-10-18-12(8-17)9-19-15/h5-7,9-10H,3-4H2,1-2H3,(H,19,20,21). The van der Waals surface area contributed by atoms with Gasteiger partial charge in [0.25, 0.3) is 0 Å². The fraction of sp³-hybridized carbons (Fsp3) is 0.250. The third-order valence-corrected chi connectivity index (χ3v) is 3.09. The Kier molecular flexibility index (Phi) is 5.47. The van der Waals surface area contributed by atoms with Gasteiger partial charge in [0, 0.05) is 12.5 Å². The number of hydrogen-bond acceptors (Lipinski definition) is 6. The molecule has 1 amide bonds. The van der Waals surface area contributed by atoms with Gasteiger partial charge in [-0.3, -0.25) is 4.79 Å². The summed E-state index contributed by atoms with van der Waals surface area (Å²) < 4.78 is 10.4. The predicted molar refractivity (Wildman–Crippen MR) is 83.2 cm³/mol. The van der Waals surface area contributed by atoms with Gasteiger partial charge in [0.05, 0.1) is 26.6 Å². The fourth-order valence-corrected chi connectivity index (χ4v) is 1.92. The molecule has 0 bridgehead atoms. The number of anilines is 1. The molecule has 1 aromatic carbocycles. The Morgan fingerprint density at radius 3 is 2.39 bits per heavy atom. The number of amides is 1. The maximum atomic E-state index is 11.9. The summed E-state index contributed by atoms with van der Waals surface area (Å²) in [5, 5.41) is 11.3. The predicted octanol–water partition coefficient (Wildman–Crippen LogP) is 1.94. The van der Waals surface area contributed by atoms with E-state index >= 15 is 0 Å². The highest BCUT2D eigenvalue weighted by atomic mass is 16.5. The average Bonchev–Trinajstić information content (AvgIpc) is 2.60. The van der Waals surface area contributed by atoms with E-state index in [-0.39, 0.29) is 18.0 Å². The van der Waals surface area contributed by atoms with E-state index in [1.807, 2.05) is 18.2 Å². The molecule has 2 rings (SSSR count). The first-order chi connectivity index (χ1) is 11.1. The van der Waals surface area contributed by atoms with Crippen LogP contribution in [0.4, 0.5) is 5.82 Å². The van der Waals surface area contributed by atoms with Gasteiger partial charge in [-0.15, -0.1) is 0 Å². The molecule has 23 heavy (non-hydrogen) atoms. The highest BCUT2D eigenvalue weighted by Gasteiger charge is 2.07. The number of nitriles is 1. The van der Waals surface area contributed by atoms with E-state index in [2.05, 4.69) is 15.3 Å². The molecular formula is C16H16N4O3. The number of hydrogen-bond donors (Lipinski definition) is 1. The lowest BCUT2D eigenvalue weighted by molar-refractivity contribution is -0.116. The van der Waals surface area contributed by atoms with E-state index in [4.69, 9.17) is 14.7 Å². The minimum Gasteiger partial charge on any atom is -0.497 e. The first-order valence-electron chi connectivity index (χ1n) is 6.88. The van der Waals surface area contributed by atoms with Gasteiger partial charge in [-0.05, 0) is 24.1 Å². The summed E-state index contributed by atoms with van der Waals surface area (Å²) in [7, 11) is 3.16. The lowest BCUT2D eigenvalue weighted by atomic mass is 10.1. The van der Waals surface area contributed by atoms with Crippen molar-refractivity contribution < 1.29 is 14.3 Å². The molecule has 1 heterocycles. The molecule has 0 saturated heterocycles. The van der Waals surface area contributed by atoms with Gasteiger partial charge in [0.1, 0.15) is 17.6 Å². The van der Waals surface area contributed by atoms with Crippen molar-refractivity contribution in [3.8, 4) is 17.6 Å². The van der Waals surface area contributed by atoms with E-state index in [1.54, 1.807) is 20.3 Å². The zero-order valence-electron chi connectivity index (χ0n) is 12.9. The SMILES string of the molecule is COc1cc(CCC(=O)Nc2cnc(C#N)cn2)cc(OC)c1. The number of methoxy groups -OCH3 is 2. The lowest BCUT2D eigenvalue weighted by Gasteiger charge is -2.08. The molecule has 0 fully saturated rings. The fourth-order valence-electron chi connectivity index (χ4n) is 1.92. The van der Waals surface area contributed by atoms with E-state index < -0.39 is 0 Å². The highest BCUT2D eigenvalue weighted by molar-refractivity contribution is 5.89. The Morgan fingerprint density at radius 2 is 1.87 bits per heavy atom. The Bertz CT molecular complexity index is 701. The second-order valence-electron chi connectivity index (χ2n) is 4.67. The molecule has 7 nitrogen and oxygen atoms in total. The van der Waals surface area contributed by atoms with Crippen LogP contribution in [0.5, 0.6) is 11.5 Å². The Morgan fingerprint density at radius 1 is 1.17 bits per heavy atom. The van der Waals surface area contributed by atoms with Crippen LogP contribution in [0.1, 0.15) is 17.7 Å². The van der Waals surface area contributed by atoms with Crippen molar-refractivity contribution in [2.75, 3.05) is 19.5 Å². The molecular weight excluding hydrogens is 296 g/mol. The molecule has 0 atom stereocenters. The van der Waals surface area contributed by atoms with Crippen molar-refractivity contribution in [2.24, 2.45) is 0 Å². The van der Waals surface area contributed by atoms with Gasteiger partial charge in [-0.1, -0.05) is 0 Å². The van der Waals surface area contributed by atoms with Gasteiger partial charge < -0.3 is 14.8 Å². The van der Waals surface area contributed by atoms with Gasteiger partial charge in [0.15, 0.2) is 11.5 Å². The van der Waals surface area contributed by atoms with Crippen LogP contribution in [-0.4, -0.2) is 30.1 Å². The Balaban J connectivity index is 1.94. The summed E-state index contributed by atoms with van der Waals surface area (Å²) >= 11 is 0. The van der Waals surface area contributed by atoms with Crippen molar-refractivity contribution in [3.63, 3.8) is 0 Å². The molecule has 7 heteroatoms.